The molecule has 0 rings (SSSR count). The average Bonchev–Trinajstić information content (AvgIpc) is 1.62. The summed E-state index contributed by atoms with van der Waals surface area (Å²) in [5, 5.41) is 0. The molecule has 0 aromatic rings. The minimum atomic E-state index is -4.79. The molecule has 0 unspecified atom stereocenters. The van der Waals surface area contributed by atoms with Gasteiger partial charge >= 0.3 is 31.0 Å². The fourth-order valence-corrected chi connectivity index (χ4v) is 0. The van der Waals surface area contributed by atoms with Gasteiger partial charge in [0.2, 0.25) is 0 Å². The van der Waals surface area contributed by atoms with Crippen molar-refractivity contribution in [1.82, 2.24) is 0 Å². The molecule has 0 saturated heterocycles. The number of carbonyl (C=O) groups excluding carboxylic acids is 1. The van der Waals surface area contributed by atoms with E-state index in [0.717, 1.165) is 0 Å². The van der Waals surface area contributed by atoms with Gasteiger partial charge in [0.05, 0.1) is 0 Å². The van der Waals surface area contributed by atoms with Crippen LogP contribution in [0.5, 0.6) is 0 Å². The van der Waals surface area contributed by atoms with Crippen LogP contribution in [-0.4, -0.2) is 20.2 Å². The quantitative estimate of drug-likeness (QED) is 0.319. The third-order valence-corrected chi connectivity index (χ3v) is 0.231. The Morgan fingerprint density at radius 1 is 1.44 bits per heavy atom. The normalized spacial score (nSPS) is 9.78. The van der Waals surface area contributed by atoms with Crippen molar-refractivity contribution < 1.29 is 41.5 Å². The molecular weight excluding hydrogens is 131 g/mol. The third-order valence-electron chi connectivity index (χ3n) is 0.231. The Kier molecular flexibility index (Phi) is 5.01. The predicted molar refractivity (Wildman–Crippen MR) is 22.1 cm³/mol. The number of alkyl halides is 3. The average molecular weight is 134 g/mol. The summed E-state index contributed by atoms with van der Waals surface area (Å²) >= 11 is 0. The first-order valence-corrected chi connectivity index (χ1v) is 1.23. The van der Waals surface area contributed by atoms with Crippen molar-refractivity contribution in [1.29, 1.82) is 0 Å². The smallest absolute Gasteiger partial charge is 0.690 e. The van der Waals surface area contributed by atoms with E-state index in [-0.39, 0.29) is 18.9 Å². The Hall–Kier alpha value is -0.0777. The summed E-state index contributed by atoms with van der Waals surface area (Å²) in [7, 11) is -0.930. The molecule has 0 aliphatic heterocycles. The SMILES string of the molecule is [BH3-]OC(=O)C(F)(F)F.[Li+]. The zero-order valence-corrected chi connectivity index (χ0v) is 3.95. The zero-order valence-electron chi connectivity index (χ0n) is 3.95. The van der Waals surface area contributed by atoms with Crippen LogP contribution in [0.2, 0.25) is 0 Å². The van der Waals surface area contributed by atoms with E-state index in [1.807, 2.05) is 0 Å². The molecule has 0 fully saturated rings. The Morgan fingerprint density at radius 3 is 1.78 bits per heavy atom. The van der Waals surface area contributed by atoms with Gasteiger partial charge < -0.3 is 4.65 Å². The first-order chi connectivity index (χ1) is 3.48. The van der Waals surface area contributed by atoms with E-state index >= 15 is 0 Å². The maximum atomic E-state index is 11.0. The first kappa shape index (κ1) is 11.7. The van der Waals surface area contributed by atoms with Gasteiger partial charge in [-0.25, -0.2) is 4.79 Å². The number of rotatable bonds is 0. The molecule has 0 aromatic carbocycles. The van der Waals surface area contributed by atoms with Gasteiger partial charge in [-0.3, -0.25) is 0 Å². The molecule has 0 amide bonds. The van der Waals surface area contributed by atoms with Crippen molar-refractivity contribution in [3.63, 3.8) is 0 Å². The summed E-state index contributed by atoms with van der Waals surface area (Å²) < 4.78 is 36.6. The predicted octanol–water partition coefficient (Wildman–Crippen LogP) is -3.62. The van der Waals surface area contributed by atoms with Crippen molar-refractivity contribution in [2.45, 2.75) is 6.18 Å². The maximum Gasteiger partial charge on any atom is 1.00 e. The van der Waals surface area contributed by atoms with E-state index < -0.39 is 20.2 Å². The van der Waals surface area contributed by atoms with Crippen molar-refractivity contribution in [3.8, 4) is 0 Å². The monoisotopic (exact) mass is 134 g/mol. The summed E-state index contributed by atoms with van der Waals surface area (Å²) in [5.74, 6) is -2.06. The molecule has 0 bridgehead atoms. The van der Waals surface area contributed by atoms with Gasteiger partial charge in [-0.1, -0.05) is 0 Å². The molecule has 0 aromatic heterocycles. The summed E-state index contributed by atoms with van der Waals surface area (Å²) in [6, 6.07) is 0. The van der Waals surface area contributed by atoms with Crippen molar-refractivity contribution in [3.05, 3.63) is 0 Å². The van der Waals surface area contributed by atoms with Gasteiger partial charge in [0.25, 0.3) is 0 Å². The van der Waals surface area contributed by atoms with E-state index in [9.17, 15) is 18.0 Å². The molecule has 0 saturated carbocycles. The van der Waals surface area contributed by atoms with E-state index in [1.54, 1.807) is 0 Å². The summed E-state index contributed by atoms with van der Waals surface area (Å²) in [6.07, 6.45) is -4.79. The second-order valence-corrected chi connectivity index (χ2v) is 0.785. The second kappa shape index (κ2) is 3.86. The maximum absolute atomic E-state index is 11.0. The van der Waals surface area contributed by atoms with Gasteiger partial charge in [-0.05, 0) is 0 Å². The molecule has 0 atom stereocenters. The Balaban J connectivity index is 0. The molecule has 0 aliphatic rings. The molecular formula is C2H3BF3LiO2. The summed E-state index contributed by atoms with van der Waals surface area (Å²) in [5.41, 5.74) is 0. The summed E-state index contributed by atoms with van der Waals surface area (Å²) in [4.78, 5) is 9.55. The molecule has 0 N–H and O–H groups in total. The van der Waals surface area contributed by atoms with Crippen LogP contribution in [0.25, 0.3) is 0 Å². The largest absolute Gasteiger partial charge is 1.00 e. The van der Waals surface area contributed by atoms with E-state index in [1.165, 1.54) is 0 Å². The number of hydrogen-bond donors (Lipinski definition) is 0. The van der Waals surface area contributed by atoms with Crippen LogP contribution in [0.15, 0.2) is 0 Å². The van der Waals surface area contributed by atoms with Gasteiger partial charge in [0.15, 0.2) is 0 Å². The van der Waals surface area contributed by atoms with Gasteiger partial charge in [0.1, 0.15) is 8.05 Å². The molecule has 0 heterocycles. The van der Waals surface area contributed by atoms with Crippen molar-refractivity contribution in [2.24, 2.45) is 0 Å². The molecule has 0 radical (unpaired) electrons. The Labute approximate surface area is 62.4 Å². The minimum absolute atomic E-state index is 0. The summed E-state index contributed by atoms with van der Waals surface area (Å²) in [6.45, 7) is 0. The number of carbonyl (C=O) groups is 1. The number of hydrogen-bond acceptors (Lipinski definition) is 2. The standard InChI is InChI=1S/C2H3BF3O2.Li/c3-8-1(7)2(4,5)6;/h3H3;/q-1;+1. The molecule has 2 nitrogen and oxygen atoms in total. The van der Waals surface area contributed by atoms with Gasteiger partial charge in [-0.15, -0.1) is 0 Å². The second-order valence-electron chi connectivity index (χ2n) is 0.785. The van der Waals surface area contributed by atoms with Gasteiger partial charge in [0, 0.05) is 0 Å². The molecule has 9 heavy (non-hydrogen) atoms. The Bertz CT molecular complexity index is 102. The molecule has 7 heteroatoms. The van der Waals surface area contributed by atoms with Crippen LogP contribution in [0.3, 0.4) is 0 Å². The minimum Gasteiger partial charge on any atom is -0.690 e. The van der Waals surface area contributed by atoms with Crippen LogP contribution >= 0.6 is 0 Å². The van der Waals surface area contributed by atoms with E-state index in [4.69, 9.17) is 0 Å². The van der Waals surface area contributed by atoms with Crippen molar-refractivity contribution >= 4 is 14.0 Å². The zero-order chi connectivity index (χ0) is 6.78. The van der Waals surface area contributed by atoms with Crippen LogP contribution in [0.4, 0.5) is 13.2 Å². The fourth-order valence-electron chi connectivity index (χ4n) is 0. The van der Waals surface area contributed by atoms with Crippen LogP contribution in [-0.2, 0) is 9.45 Å². The van der Waals surface area contributed by atoms with E-state index in [2.05, 4.69) is 4.65 Å². The molecule has 0 spiro atoms. The topological polar surface area (TPSA) is 26.3 Å². The van der Waals surface area contributed by atoms with E-state index in [0.29, 0.717) is 0 Å². The molecule has 0 aliphatic carbocycles. The van der Waals surface area contributed by atoms with Crippen molar-refractivity contribution in [2.75, 3.05) is 0 Å². The Morgan fingerprint density at radius 2 is 1.78 bits per heavy atom. The first-order valence-electron chi connectivity index (χ1n) is 1.23. The van der Waals surface area contributed by atoms with Crippen LogP contribution < -0.4 is 18.9 Å². The number of halogens is 3. The molecule has 48 valence electrons. The third kappa shape index (κ3) is 4.43. The van der Waals surface area contributed by atoms with Crippen LogP contribution in [0.1, 0.15) is 0 Å². The fraction of sp³-hybridized carbons (Fsp3) is 0.500. The van der Waals surface area contributed by atoms with Crippen LogP contribution in [0, 0.1) is 0 Å². The van der Waals surface area contributed by atoms with Gasteiger partial charge in [-0.2, -0.15) is 13.2 Å².